The summed E-state index contributed by atoms with van der Waals surface area (Å²) < 4.78 is 18.4. The molecule has 2 rings (SSSR count). The third kappa shape index (κ3) is 2.91. The number of hydrogen-bond acceptors (Lipinski definition) is 4. The third-order valence-corrected chi connectivity index (χ3v) is 2.72. The summed E-state index contributed by atoms with van der Waals surface area (Å²) in [5.41, 5.74) is 0.415. The standard InChI is InChI=1S/C13H14FNO4/c14-10-1-2-11-9(7-10)8-12(19-11)13(18)15(3-5-16)4-6-17/h1-2,7-8,16-17H,3-6H2. The van der Waals surface area contributed by atoms with Gasteiger partial charge < -0.3 is 19.5 Å². The van der Waals surface area contributed by atoms with Gasteiger partial charge in [0.1, 0.15) is 11.4 Å². The van der Waals surface area contributed by atoms with Gasteiger partial charge in [0, 0.05) is 18.5 Å². The van der Waals surface area contributed by atoms with Crippen molar-refractivity contribution >= 4 is 16.9 Å². The summed E-state index contributed by atoms with van der Waals surface area (Å²) in [5, 5.41) is 18.3. The number of aliphatic hydroxyl groups excluding tert-OH is 2. The lowest BCUT2D eigenvalue weighted by Gasteiger charge is -2.18. The maximum absolute atomic E-state index is 13.0. The minimum absolute atomic E-state index is 0.0579. The van der Waals surface area contributed by atoms with E-state index in [-0.39, 0.29) is 32.1 Å². The van der Waals surface area contributed by atoms with Gasteiger partial charge >= 0.3 is 0 Å². The maximum atomic E-state index is 13.0. The molecule has 0 fully saturated rings. The normalized spacial score (nSPS) is 10.9. The number of benzene rings is 1. The molecule has 6 heteroatoms. The van der Waals surface area contributed by atoms with E-state index in [1.807, 2.05) is 0 Å². The van der Waals surface area contributed by atoms with Crippen molar-refractivity contribution in [2.24, 2.45) is 0 Å². The molecule has 1 amide bonds. The van der Waals surface area contributed by atoms with Crippen molar-refractivity contribution in [3.8, 4) is 0 Å². The van der Waals surface area contributed by atoms with Crippen LogP contribution in [0.3, 0.4) is 0 Å². The van der Waals surface area contributed by atoms with Crippen LogP contribution >= 0.6 is 0 Å². The van der Waals surface area contributed by atoms with Gasteiger partial charge in [0.05, 0.1) is 13.2 Å². The average Bonchev–Trinajstić information content (AvgIpc) is 2.80. The topological polar surface area (TPSA) is 73.9 Å². The number of hydrogen-bond donors (Lipinski definition) is 2. The molecule has 0 aliphatic carbocycles. The highest BCUT2D eigenvalue weighted by Crippen LogP contribution is 2.21. The fraction of sp³-hybridized carbons (Fsp3) is 0.308. The van der Waals surface area contributed by atoms with Gasteiger partial charge in [0.25, 0.3) is 5.91 Å². The van der Waals surface area contributed by atoms with E-state index in [1.54, 1.807) is 0 Å². The molecule has 1 heterocycles. The first kappa shape index (κ1) is 13.5. The monoisotopic (exact) mass is 267 g/mol. The number of furan rings is 1. The van der Waals surface area contributed by atoms with Gasteiger partial charge in [0.15, 0.2) is 5.76 Å². The molecule has 0 unspecified atom stereocenters. The van der Waals surface area contributed by atoms with Crippen LogP contribution in [0.2, 0.25) is 0 Å². The van der Waals surface area contributed by atoms with Crippen LogP contribution in [0.4, 0.5) is 4.39 Å². The predicted octanol–water partition coefficient (Wildman–Crippen LogP) is 0.999. The van der Waals surface area contributed by atoms with Crippen LogP contribution < -0.4 is 0 Å². The van der Waals surface area contributed by atoms with Gasteiger partial charge in [-0.3, -0.25) is 4.79 Å². The molecule has 2 N–H and O–H groups in total. The van der Waals surface area contributed by atoms with Crippen molar-refractivity contribution in [3.63, 3.8) is 0 Å². The molecular weight excluding hydrogens is 253 g/mol. The number of carbonyl (C=O) groups is 1. The summed E-state index contributed by atoms with van der Waals surface area (Å²) in [6.45, 7) is -0.212. The van der Waals surface area contributed by atoms with Crippen molar-refractivity contribution in [2.75, 3.05) is 26.3 Å². The number of halogens is 1. The van der Waals surface area contributed by atoms with Crippen LogP contribution in [0.15, 0.2) is 28.7 Å². The van der Waals surface area contributed by atoms with E-state index in [0.29, 0.717) is 11.0 Å². The summed E-state index contributed by atoms with van der Waals surface area (Å²) in [6, 6.07) is 5.42. The Morgan fingerprint density at radius 2 is 1.89 bits per heavy atom. The van der Waals surface area contributed by atoms with E-state index in [4.69, 9.17) is 14.6 Å². The van der Waals surface area contributed by atoms with E-state index >= 15 is 0 Å². The molecule has 5 nitrogen and oxygen atoms in total. The van der Waals surface area contributed by atoms with E-state index in [9.17, 15) is 9.18 Å². The molecule has 0 aliphatic heterocycles. The molecule has 102 valence electrons. The second-order valence-electron chi connectivity index (χ2n) is 4.03. The highest BCUT2D eigenvalue weighted by atomic mass is 19.1. The van der Waals surface area contributed by atoms with Crippen LogP contribution in [0.5, 0.6) is 0 Å². The quantitative estimate of drug-likeness (QED) is 0.847. The first-order valence-corrected chi connectivity index (χ1v) is 5.86. The minimum Gasteiger partial charge on any atom is -0.451 e. The largest absolute Gasteiger partial charge is 0.451 e. The molecule has 0 saturated carbocycles. The zero-order valence-electron chi connectivity index (χ0n) is 10.2. The molecule has 0 atom stereocenters. The Morgan fingerprint density at radius 3 is 2.53 bits per heavy atom. The average molecular weight is 267 g/mol. The lowest BCUT2D eigenvalue weighted by Crippen LogP contribution is -2.35. The van der Waals surface area contributed by atoms with E-state index in [2.05, 4.69) is 0 Å². The fourth-order valence-electron chi connectivity index (χ4n) is 1.83. The number of carbonyl (C=O) groups excluding carboxylic acids is 1. The van der Waals surface area contributed by atoms with Gasteiger partial charge in [-0.2, -0.15) is 0 Å². The Hall–Kier alpha value is -1.92. The van der Waals surface area contributed by atoms with E-state index < -0.39 is 11.7 Å². The zero-order chi connectivity index (χ0) is 13.8. The molecule has 0 aliphatic rings. The van der Waals surface area contributed by atoms with Crippen LogP contribution in [-0.2, 0) is 0 Å². The molecule has 0 radical (unpaired) electrons. The summed E-state index contributed by atoms with van der Waals surface area (Å²) >= 11 is 0. The van der Waals surface area contributed by atoms with Gasteiger partial charge in [0.2, 0.25) is 0 Å². The fourth-order valence-corrected chi connectivity index (χ4v) is 1.83. The Labute approximate surface area is 108 Å². The number of fused-ring (bicyclic) bond motifs is 1. The highest BCUT2D eigenvalue weighted by molar-refractivity contribution is 5.96. The molecule has 0 bridgehead atoms. The van der Waals surface area contributed by atoms with E-state index in [1.165, 1.54) is 29.2 Å². The first-order valence-electron chi connectivity index (χ1n) is 5.86. The number of amides is 1. The molecule has 1 aromatic carbocycles. The Balaban J connectivity index is 2.29. The zero-order valence-corrected chi connectivity index (χ0v) is 10.2. The lowest BCUT2D eigenvalue weighted by atomic mass is 10.2. The smallest absolute Gasteiger partial charge is 0.289 e. The Kier molecular flexibility index (Phi) is 4.13. The second kappa shape index (κ2) is 5.81. The number of aliphatic hydroxyl groups is 2. The SMILES string of the molecule is O=C(c1cc2cc(F)ccc2o1)N(CCO)CCO. The second-order valence-corrected chi connectivity index (χ2v) is 4.03. The third-order valence-electron chi connectivity index (χ3n) is 2.72. The molecule has 0 spiro atoms. The molecule has 1 aromatic heterocycles. The van der Waals surface area contributed by atoms with Crippen molar-refractivity contribution in [1.82, 2.24) is 4.90 Å². The Bertz CT molecular complexity index is 575. The van der Waals surface area contributed by atoms with E-state index in [0.717, 1.165) is 0 Å². The highest BCUT2D eigenvalue weighted by Gasteiger charge is 2.19. The minimum atomic E-state index is -0.445. The van der Waals surface area contributed by atoms with Crippen molar-refractivity contribution in [1.29, 1.82) is 0 Å². The van der Waals surface area contributed by atoms with Gasteiger partial charge in [-0.1, -0.05) is 0 Å². The number of nitrogens with zero attached hydrogens (tertiary/aromatic N) is 1. The first-order chi connectivity index (χ1) is 9.15. The molecular formula is C13H14FNO4. The van der Waals surface area contributed by atoms with Crippen LogP contribution in [0, 0.1) is 5.82 Å². The summed E-state index contributed by atoms with van der Waals surface area (Å²) in [4.78, 5) is 13.4. The van der Waals surface area contributed by atoms with Crippen molar-refractivity contribution in [3.05, 3.63) is 35.8 Å². The summed E-state index contributed by atoms with van der Waals surface area (Å²) in [6.07, 6.45) is 0. The van der Waals surface area contributed by atoms with Gasteiger partial charge in [-0.05, 0) is 24.3 Å². The summed E-state index contributed by atoms with van der Waals surface area (Å²) in [7, 11) is 0. The summed E-state index contributed by atoms with van der Waals surface area (Å²) in [5.74, 6) is -0.794. The molecule has 0 saturated heterocycles. The molecule has 2 aromatic rings. The lowest BCUT2D eigenvalue weighted by molar-refractivity contribution is 0.0656. The van der Waals surface area contributed by atoms with Crippen LogP contribution in [0.1, 0.15) is 10.6 Å². The number of rotatable bonds is 5. The van der Waals surface area contributed by atoms with Crippen molar-refractivity contribution < 1.29 is 23.8 Å². The van der Waals surface area contributed by atoms with Crippen LogP contribution in [-0.4, -0.2) is 47.3 Å². The molecule has 19 heavy (non-hydrogen) atoms. The van der Waals surface area contributed by atoms with Crippen LogP contribution in [0.25, 0.3) is 11.0 Å². The van der Waals surface area contributed by atoms with Gasteiger partial charge in [-0.25, -0.2) is 4.39 Å². The Morgan fingerprint density at radius 1 is 1.21 bits per heavy atom. The van der Waals surface area contributed by atoms with Gasteiger partial charge in [-0.15, -0.1) is 0 Å². The predicted molar refractivity (Wildman–Crippen MR) is 66.2 cm³/mol. The maximum Gasteiger partial charge on any atom is 0.289 e. The van der Waals surface area contributed by atoms with Crippen molar-refractivity contribution in [2.45, 2.75) is 0 Å².